The normalized spacial score (nSPS) is 13.3. The zero-order valence-corrected chi connectivity index (χ0v) is 9.47. The van der Waals surface area contributed by atoms with Gasteiger partial charge in [0.15, 0.2) is 0 Å². The zero-order valence-electron chi connectivity index (χ0n) is 9.47. The summed E-state index contributed by atoms with van der Waals surface area (Å²) in [6.07, 6.45) is -4.37. The average molecular weight is 256 g/mol. The molecule has 5 nitrogen and oxygen atoms in total. The smallest absolute Gasteiger partial charge is 0.405 e. The molecule has 0 fully saturated rings. The van der Waals surface area contributed by atoms with Crippen molar-refractivity contribution in [3.8, 4) is 0 Å². The van der Waals surface area contributed by atoms with Crippen LogP contribution in [0.2, 0.25) is 0 Å². The Hall–Kier alpha value is -1.47. The Morgan fingerprint density at radius 3 is 2.18 bits per heavy atom. The molecule has 17 heavy (non-hydrogen) atoms. The number of urea groups is 1. The monoisotopic (exact) mass is 256 g/mol. The number of rotatable bonds is 5. The number of carboxylic acids is 1. The van der Waals surface area contributed by atoms with Crippen molar-refractivity contribution in [3.63, 3.8) is 0 Å². The van der Waals surface area contributed by atoms with Gasteiger partial charge in [0.05, 0.1) is 0 Å². The molecule has 0 aromatic heterocycles. The minimum absolute atomic E-state index is 0.000911. The molecule has 2 amide bonds. The van der Waals surface area contributed by atoms with E-state index in [1.54, 1.807) is 19.2 Å². The highest BCUT2D eigenvalue weighted by molar-refractivity contribution is 5.82. The van der Waals surface area contributed by atoms with Gasteiger partial charge in [-0.05, 0) is 12.3 Å². The first-order valence-electron chi connectivity index (χ1n) is 4.95. The molecule has 0 radical (unpaired) electrons. The van der Waals surface area contributed by atoms with Gasteiger partial charge in [0, 0.05) is 0 Å². The Kier molecular flexibility index (Phi) is 5.77. The Bertz CT molecular complexity index is 279. The van der Waals surface area contributed by atoms with Gasteiger partial charge in [0.1, 0.15) is 12.6 Å². The Morgan fingerprint density at radius 1 is 1.29 bits per heavy atom. The molecule has 0 rings (SSSR count). The summed E-state index contributed by atoms with van der Waals surface area (Å²) in [5.41, 5.74) is 0. The second kappa shape index (κ2) is 6.31. The highest BCUT2D eigenvalue weighted by Gasteiger charge is 2.28. The Labute approximate surface area is 96.4 Å². The van der Waals surface area contributed by atoms with Crippen molar-refractivity contribution in [1.82, 2.24) is 10.6 Å². The lowest BCUT2D eigenvalue weighted by Gasteiger charge is -2.17. The molecule has 0 aromatic carbocycles. The van der Waals surface area contributed by atoms with E-state index in [2.05, 4.69) is 0 Å². The lowest BCUT2D eigenvalue weighted by molar-refractivity contribution is -0.139. The molecule has 0 heterocycles. The standard InChI is InChI=1S/C9H15F3N2O3/c1-5(2)3-6(7(15)16)14-8(17)13-4-9(10,11)12/h5-6H,3-4H2,1-2H3,(H,15,16)(H2,13,14,17)/t6-/m1/s1. The minimum Gasteiger partial charge on any atom is -0.480 e. The fourth-order valence-corrected chi connectivity index (χ4v) is 1.08. The molecular weight excluding hydrogens is 241 g/mol. The third-order valence-corrected chi connectivity index (χ3v) is 1.76. The second-order valence-corrected chi connectivity index (χ2v) is 3.96. The van der Waals surface area contributed by atoms with Gasteiger partial charge in [-0.15, -0.1) is 0 Å². The summed E-state index contributed by atoms with van der Waals surface area (Å²) < 4.78 is 35.3. The van der Waals surface area contributed by atoms with Crippen molar-refractivity contribution in [2.24, 2.45) is 5.92 Å². The highest BCUT2D eigenvalue weighted by Crippen LogP contribution is 2.12. The van der Waals surface area contributed by atoms with Crippen LogP contribution in [0.15, 0.2) is 0 Å². The summed E-state index contributed by atoms with van der Waals surface area (Å²) in [6, 6.07) is -2.33. The van der Waals surface area contributed by atoms with Crippen LogP contribution in [-0.4, -0.2) is 35.9 Å². The molecule has 100 valence electrons. The number of carbonyl (C=O) groups excluding carboxylic acids is 1. The van der Waals surface area contributed by atoms with Crippen LogP contribution >= 0.6 is 0 Å². The molecule has 1 atom stereocenters. The summed E-state index contributed by atoms with van der Waals surface area (Å²) >= 11 is 0. The van der Waals surface area contributed by atoms with E-state index in [1.807, 2.05) is 5.32 Å². The number of alkyl halides is 3. The second-order valence-electron chi connectivity index (χ2n) is 3.96. The van der Waals surface area contributed by atoms with E-state index in [0.717, 1.165) is 0 Å². The summed E-state index contributed by atoms with van der Waals surface area (Å²) in [5, 5.41) is 12.2. The van der Waals surface area contributed by atoms with Crippen molar-refractivity contribution >= 4 is 12.0 Å². The number of hydrogen-bond acceptors (Lipinski definition) is 2. The molecule has 8 heteroatoms. The fraction of sp³-hybridized carbons (Fsp3) is 0.778. The highest BCUT2D eigenvalue weighted by atomic mass is 19.4. The summed E-state index contributed by atoms with van der Waals surface area (Å²) in [4.78, 5) is 21.7. The van der Waals surface area contributed by atoms with E-state index < -0.39 is 30.8 Å². The number of carboxylic acid groups (broad SMARTS) is 1. The van der Waals surface area contributed by atoms with Crippen LogP contribution in [0.5, 0.6) is 0 Å². The topological polar surface area (TPSA) is 78.4 Å². The van der Waals surface area contributed by atoms with E-state index in [9.17, 15) is 22.8 Å². The van der Waals surface area contributed by atoms with Gasteiger partial charge in [-0.1, -0.05) is 13.8 Å². The average Bonchev–Trinajstić information content (AvgIpc) is 2.11. The summed E-state index contributed by atoms with van der Waals surface area (Å²) in [6.45, 7) is 1.99. The largest absolute Gasteiger partial charge is 0.480 e. The molecule has 0 unspecified atom stereocenters. The number of amides is 2. The third kappa shape index (κ3) is 8.35. The molecular formula is C9H15F3N2O3. The number of carbonyl (C=O) groups is 2. The maximum atomic E-state index is 11.8. The SMILES string of the molecule is CC(C)C[C@@H](NC(=O)NCC(F)(F)F)C(=O)O. The molecule has 0 aliphatic heterocycles. The van der Waals surface area contributed by atoms with Gasteiger partial charge in [-0.2, -0.15) is 13.2 Å². The van der Waals surface area contributed by atoms with Crippen LogP contribution in [0.4, 0.5) is 18.0 Å². The van der Waals surface area contributed by atoms with Gasteiger partial charge >= 0.3 is 18.2 Å². The van der Waals surface area contributed by atoms with Crippen LogP contribution in [0.1, 0.15) is 20.3 Å². The quantitative estimate of drug-likeness (QED) is 0.694. The number of aliphatic carboxylic acids is 1. The van der Waals surface area contributed by atoms with Gasteiger partial charge in [0.25, 0.3) is 0 Å². The number of hydrogen-bond donors (Lipinski definition) is 3. The minimum atomic E-state index is -4.52. The first-order chi connectivity index (χ1) is 7.61. The Balaban J connectivity index is 4.18. The van der Waals surface area contributed by atoms with Crippen molar-refractivity contribution < 1.29 is 27.9 Å². The molecule has 0 saturated carbocycles. The van der Waals surface area contributed by atoms with Crippen molar-refractivity contribution in [3.05, 3.63) is 0 Å². The van der Waals surface area contributed by atoms with Crippen LogP contribution in [0.25, 0.3) is 0 Å². The van der Waals surface area contributed by atoms with Crippen LogP contribution in [-0.2, 0) is 4.79 Å². The van der Waals surface area contributed by atoms with Gasteiger partial charge in [-0.25, -0.2) is 9.59 Å². The first kappa shape index (κ1) is 15.5. The maximum Gasteiger partial charge on any atom is 0.405 e. The lowest BCUT2D eigenvalue weighted by atomic mass is 10.0. The first-order valence-corrected chi connectivity index (χ1v) is 4.95. The van der Waals surface area contributed by atoms with E-state index in [4.69, 9.17) is 5.11 Å². The zero-order chi connectivity index (χ0) is 13.6. The maximum absolute atomic E-state index is 11.8. The van der Waals surface area contributed by atoms with E-state index in [0.29, 0.717) is 0 Å². The predicted octanol–water partition coefficient (Wildman–Crippen LogP) is 1.35. The lowest BCUT2D eigenvalue weighted by Crippen LogP contribution is -2.48. The molecule has 0 aromatic rings. The van der Waals surface area contributed by atoms with Crippen LogP contribution in [0, 0.1) is 5.92 Å². The van der Waals surface area contributed by atoms with E-state index in [1.165, 1.54) is 0 Å². The van der Waals surface area contributed by atoms with Gasteiger partial charge in [0.2, 0.25) is 0 Å². The van der Waals surface area contributed by atoms with Gasteiger partial charge < -0.3 is 15.7 Å². The van der Waals surface area contributed by atoms with Gasteiger partial charge in [-0.3, -0.25) is 0 Å². The van der Waals surface area contributed by atoms with Crippen LogP contribution in [0.3, 0.4) is 0 Å². The molecule has 0 aliphatic carbocycles. The third-order valence-electron chi connectivity index (χ3n) is 1.76. The molecule has 0 spiro atoms. The number of nitrogens with one attached hydrogen (secondary N) is 2. The van der Waals surface area contributed by atoms with E-state index >= 15 is 0 Å². The van der Waals surface area contributed by atoms with Crippen molar-refractivity contribution in [2.45, 2.75) is 32.5 Å². The summed E-state index contributed by atoms with van der Waals surface area (Å²) in [5.74, 6) is -1.28. The summed E-state index contributed by atoms with van der Waals surface area (Å²) in [7, 11) is 0. The molecule has 0 saturated heterocycles. The fourth-order valence-electron chi connectivity index (χ4n) is 1.08. The van der Waals surface area contributed by atoms with Crippen molar-refractivity contribution in [1.29, 1.82) is 0 Å². The molecule has 0 bridgehead atoms. The molecule has 0 aliphatic rings. The Morgan fingerprint density at radius 2 is 1.82 bits per heavy atom. The van der Waals surface area contributed by atoms with E-state index in [-0.39, 0.29) is 12.3 Å². The molecule has 3 N–H and O–H groups in total. The number of halogens is 3. The van der Waals surface area contributed by atoms with Crippen molar-refractivity contribution in [2.75, 3.05) is 6.54 Å². The van der Waals surface area contributed by atoms with Crippen LogP contribution < -0.4 is 10.6 Å². The predicted molar refractivity (Wildman–Crippen MR) is 53.5 cm³/mol.